The number of carboxylic acid groups (broad SMARTS) is 1. The molecule has 0 aliphatic heterocycles. The molecule has 0 spiro atoms. The van der Waals surface area contributed by atoms with Crippen molar-refractivity contribution in [3.63, 3.8) is 0 Å². The first-order valence-electron chi connectivity index (χ1n) is 4.86. The number of nitrogens with zero attached hydrogens (tertiary/aromatic N) is 3. The van der Waals surface area contributed by atoms with E-state index in [1.165, 1.54) is 6.33 Å². The van der Waals surface area contributed by atoms with Crippen molar-refractivity contribution in [2.75, 3.05) is 5.73 Å². The molecule has 0 amide bonds. The number of hydrogen-bond donors (Lipinski definition) is 2. The van der Waals surface area contributed by atoms with Crippen LogP contribution in [0.5, 0.6) is 0 Å². The van der Waals surface area contributed by atoms with Gasteiger partial charge in [-0.05, 0) is 13.8 Å². The van der Waals surface area contributed by atoms with E-state index in [1.54, 1.807) is 10.8 Å². The first-order valence-corrected chi connectivity index (χ1v) is 4.86. The molecule has 0 atom stereocenters. The summed E-state index contributed by atoms with van der Waals surface area (Å²) < 4.78 is 1.77. The van der Waals surface area contributed by atoms with E-state index in [1.807, 2.05) is 13.8 Å². The Labute approximate surface area is 91.7 Å². The smallest absolute Gasteiger partial charge is 0.338 e. The van der Waals surface area contributed by atoms with Gasteiger partial charge in [0, 0.05) is 12.2 Å². The summed E-state index contributed by atoms with van der Waals surface area (Å²) in [4.78, 5) is 19.0. The summed E-state index contributed by atoms with van der Waals surface area (Å²) in [6, 6.07) is 0.116. The molecule has 0 unspecified atom stereocenters. The number of aromatic nitrogens is 3. The SMILES string of the molecule is CC(C)n1cc(C(=O)O)c2c(N)ncnc21. The van der Waals surface area contributed by atoms with Crippen LogP contribution in [0.3, 0.4) is 0 Å². The Morgan fingerprint density at radius 1 is 1.50 bits per heavy atom. The predicted molar refractivity (Wildman–Crippen MR) is 59.3 cm³/mol. The quantitative estimate of drug-likeness (QED) is 0.795. The molecule has 0 radical (unpaired) electrons. The molecule has 0 bridgehead atoms. The van der Waals surface area contributed by atoms with Gasteiger partial charge in [0.15, 0.2) is 0 Å². The van der Waals surface area contributed by atoms with E-state index in [0.29, 0.717) is 11.0 Å². The fraction of sp³-hybridized carbons (Fsp3) is 0.300. The summed E-state index contributed by atoms with van der Waals surface area (Å²) >= 11 is 0. The van der Waals surface area contributed by atoms with Crippen molar-refractivity contribution in [2.45, 2.75) is 19.9 Å². The molecule has 2 heterocycles. The topological polar surface area (TPSA) is 94.0 Å². The van der Waals surface area contributed by atoms with Crippen molar-refractivity contribution in [3.8, 4) is 0 Å². The zero-order chi connectivity index (χ0) is 11.9. The van der Waals surface area contributed by atoms with Crippen LogP contribution in [0.1, 0.15) is 30.2 Å². The minimum atomic E-state index is -1.02. The zero-order valence-electron chi connectivity index (χ0n) is 9.01. The van der Waals surface area contributed by atoms with Gasteiger partial charge in [0.1, 0.15) is 17.8 Å². The second-order valence-corrected chi connectivity index (χ2v) is 3.81. The number of carboxylic acids is 1. The van der Waals surface area contributed by atoms with Crippen LogP contribution >= 0.6 is 0 Å². The van der Waals surface area contributed by atoms with E-state index in [9.17, 15) is 4.79 Å². The van der Waals surface area contributed by atoms with Gasteiger partial charge >= 0.3 is 5.97 Å². The van der Waals surface area contributed by atoms with E-state index in [0.717, 1.165) is 0 Å². The van der Waals surface area contributed by atoms with Gasteiger partial charge in [-0.2, -0.15) is 0 Å². The molecule has 16 heavy (non-hydrogen) atoms. The Morgan fingerprint density at radius 2 is 2.19 bits per heavy atom. The van der Waals surface area contributed by atoms with Crippen molar-refractivity contribution in [2.24, 2.45) is 0 Å². The maximum atomic E-state index is 11.1. The maximum Gasteiger partial charge on any atom is 0.338 e. The molecule has 0 aromatic carbocycles. The van der Waals surface area contributed by atoms with Crippen LogP contribution in [0.15, 0.2) is 12.5 Å². The third kappa shape index (κ3) is 1.39. The first-order chi connectivity index (χ1) is 7.52. The lowest BCUT2D eigenvalue weighted by Gasteiger charge is -2.07. The Morgan fingerprint density at radius 3 is 2.75 bits per heavy atom. The summed E-state index contributed by atoms with van der Waals surface area (Å²) in [5.41, 5.74) is 6.38. The van der Waals surface area contributed by atoms with Gasteiger partial charge in [-0.1, -0.05) is 0 Å². The molecule has 0 saturated heterocycles. The van der Waals surface area contributed by atoms with Crippen LogP contribution in [0.25, 0.3) is 11.0 Å². The monoisotopic (exact) mass is 220 g/mol. The number of hydrogen-bond acceptors (Lipinski definition) is 4. The summed E-state index contributed by atoms with van der Waals surface area (Å²) in [7, 11) is 0. The van der Waals surface area contributed by atoms with Crippen LogP contribution in [-0.4, -0.2) is 25.6 Å². The van der Waals surface area contributed by atoms with Gasteiger partial charge in [-0.25, -0.2) is 14.8 Å². The lowest BCUT2D eigenvalue weighted by Crippen LogP contribution is -2.00. The minimum Gasteiger partial charge on any atom is -0.478 e. The Bertz CT molecular complexity index is 559. The van der Waals surface area contributed by atoms with E-state index < -0.39 is 5.97 Å². The Hall–Kier alpha value is -2.11. The molecule has 0 aliphatic carbocycles. The van der Waals surface area contributed by atoms with Crippen LogP contribution in [0, 0.1) is 0 Å². The largest absolute Gasteiger partial charge is 0.478 e. The van der Waals surface area contributed by atoms with Crippen molar-refractivity contribution in [1.82, 2.24) is 14.5 Å². The number of carbonyl (C=O) groups is 1. The highest BCUT2D eigenvalue weighted by Gasteiger charge is 2.19. The van der Waals surface area contributed by atoms with Crippen molar-refractivity contribution in [1.29, 1.82) is 0 Å². The van der Waals surface area contributed by atoms with Crippen LogP contribution in [-0.2, 0) is 0 Å². The van der Waals surface area contributed by atoms with Crippen LogP contribution < -0.4 is 5.73 Å². The lowest BCUT2D eigenvalue weighted by molar-refractivity contribution is 0.0698. The second kappa shape index (κ2) is 3.48. The molecule has 0 fully saturated rings. The molecule has 2 aromatic heterocycles. The number of aromatic carboxylic acids is 1. The third-order valence-corrected chi connectivity index (χ3v) is 2.43. The summed E-state index contributed by atoms with van der Waals surface area (Å²) in [5.74, 6) is -0.826. The minimum absolute atomic E-state index is 0.116. The highest BCUT2D eigenvalue weighted by atomic mass is 16.4. The summed E-state index contributed by atoms with van der Waals surface area (Å²) in [6.07, 6.45) is 2.88. The van der Waals surface area contributed by atoms with Gasteiger partial charge < -0.3 is 15.4 Å². The van der Waals surface area contributed by atoms with E-state index in [4.69, 9.17) is 10.8 Å². The average molecular weight is 220 g/mol. The molecule has 84 valence electrons. The normalized spacial score (nSPS) is 11.2. The fourth-order valence-corrected chi connectivity index (χ4v) is 1.66. The Balaban J connectivity index is 2.87. The van der Waals surface area contributed by atoms with Gasteiger partial charge in [-0.15, -0.1) is 0 Å². The predicted octanol–water partition coefficient (Wildman–Crippen LogP) is 1.29. The molecule has 6 nitrogen and oxygen atoms in total. The highest BCUT2D eigenvalue weighted by Crippen LogP contribution is 2.26. The van der Waals surface area contributed by atoms with E-state index in [2.05, 4.69) is 9.97 Å². The van der Waals surface area contributed by atoms with Crippen molar-refractivity contribution in [3.05, 3.63) is 18.1 Å². The third-order valence-electron chi connectivity index (χ3n) is 2.43. The molecule has 2 rings (SSSR count). The van der Waals surface area contributed by atoms with Gasteiger partial charge in [0.05, 0.1) is 10.9 Å². The molecule has 2 aromatic rings. The van der Waals surface area contributed by atoms with Crippen LogP contribution in [0.2, 0.25) is 0 Å². The van der Waals surface area contributed by atoms with E-state index in [-0.39, 0.29) is 17.4 Å². The highest BCUT2D eigenvalue weighted by molar-refractivity contribution is 6.06. The van der Waals surface area contributed by atoms with E-state index >= 15 is 0 Å². The summed E-state index contributed by atoms with van der Waals surface area (Å²) in [6.45, 7) is 3.90. The molecule has 6 heteroatoms. The molecular weight excluding hydrogens is 208 g/mol. The molecule has 0 saturated carbocycles. The number of anilines is 1. The van der Waals surface area contributed by atoms with Gasteiger partial charge in [-0.3, -0.25) is 0 Å². The van der Waals surface area contributed by atoms with Gasteiger partial charge in [0.2, 0.25) is 0 Å². The first kappa shape index (κ1) is 10.4. The Kier molecular flexibility index (Phi) is 2.26. The number of rotatable bonds is 2. The summed E-state index contributed by atoms with van der Waals surface area (Å²) in [5, 5.41) is 9.48. The number of nitrogen functional groups attached to an aromatic ring is 1. The van der Waals surface area contributed by atoms with Crippen LogP contribution in [0.4, 0.5) is 5.82 Å². The number of nitrogens with two attached hydrogens (primary N) is 1. The lowest BCUT2D eigenvalue weighted by atomic mass is 10.2. The molecule has 3 N–H and O–H groups in total. The maximum absolute atomic E-state index is 11.1. The van der Waals surface area contributed by atoms with Crippen molar-refractivity contribution < 1.29 is 9.90 Å². The molecule has 0 aliphatic rings. The van der Waals surface area contributed by atoms with Crippen molar-refractivity contribution >= 4 is 22.8 Å². The number of fused-ring (bicyclic) bond motifs is 1. The molecular formula is C10H12N4O2. The average Bonchev–Trinajstić information content (AvgIpc) is 2.58. The second-order valence-electron chi connectivity index (χ2n) is 3.81. The zero-order valence-corrected chi connectivity index (χ0v) is 9.01. The standard InChI is InChI=1S/C10H12N4O2/c1-5(2)14-3-6(10(15)16)7-8(11)12-4-13-9(7)14/h3-5H,1-2H3,(H,15,16)(H2,11,12,13). The van der Waals surface area contributed by atoms with Gasteiger partial charge in [0.25, 0.3) is 0 Å². The fourth-order valence-electron chi connectivity index (χ4n) is 1.66.